The number of hydrogen-bond acceptors (Lipinski definition) is 5. The highest BCUT2D eigenvalue weighted by Gasteiger charge is 2.14. The van der Waals surface area contributed by atoms with Gasteiger partial charge in [-0.15, -0.1) is 28.5 Å². The standard InChI is InChI=1S/C22H21BrCl2N4OS2/c1-3-8-29-20(12-31-11-15-4-6-17(24)10-18(15)25)27-28-22(29)32-13-21(30)26-19-7-5-16(23)9-14(19)2/h3-7,9-10H,1,8,11-13H2,2H3,(H,26,30). The minimum atomic E-state index is -0.0955. The maximum absolute atomic E-state index is 12.4. The number of carbonyl (C=O) groups is 1. The zero-order valence-corrected chi connectivity index (χ0v) is 22.0. The van der Waals surface area contributed by atoms with E-state index >= 15 is 0 Å². The fourth-order valence-electron chi connectivity index (χ4n) is 2.82. The molecule has 1 aromatic heterocycles. The van der Waals surface area contributed by atoms with E-state index in [0.29, 0.717) is 27.5 Å². The van der Waals surface area contributed by atoms with Crippen LogP contribution < -0.4 is 5.32 Å². The fraction of sp³-hybridized carbons (Fsp3) is 0.227. The van der Waals surface area contributed by atoms with Crippen LogP contribution in [0.15, 0.2) is 58.7 Å². The summed E-state index contributed by atoms with van der Waals surface area (Å²) < 4.78 is 2.95. The third-order valence-electron chi connectivity index (χ3n) is 4.40. The molecule has 0 saturated heterocycles. The number of rotatable bonds is 10. The molecule has 1 amide bonds. The Bertz CT molecular complexity index is 1120. The number of allylic oxidation sites excluding steroid dienone is 1. The predicted molar refractivity (Wildman–Crippen MR) is 140 cm³/mol. The molecule has 32 heavy (non-hydrogen) atoms. The molecule has 0 fully saturated rings. The lowest BCUT2D eigenvalue weighted by atomic mass is 10.2. The summed E-state index contributed by atoms with van der Waals surface area (Å²) in [6.45, 7) is 6.35. The number of halogens is 3. The largest absolute Gasteiger partial charge is 0.325 e. The highest BCUT2D eigenvalue weighted by molar-refractivity contribution is 9.10. The zero-order valence-electron chi connectivity index (χ0n) is 17.3. The van der Waals surface area contributed by atoms with Crippen molar-refractivity contribution in [1.29, 1.82) is 0 Å². The molecule has 10 heteroatoms. The van der Waals surface area contributed by atoms with Crippen molar-refractivity contribution in [1.82, 2.24) is 14.8 Å². The van der Waals surface area contributed by atoms with Crippen LogP contribution in [0.25, 0.3) is 0 Å². The topological polar surface area (TPSA) is 59.8 Å². The van der Waals surface area contributed by atoms with Crippen LogP contribution in [0.4, 0.5) is 5.69 Å². The monoisotopic (exact) mass is 570 g/mol. The smallest absolute Gasteiger partial charge is 0.234 e. The lowest BCUT2D eigenvalue weighted by Gasteiger charge is -2.10. The molecular formula is C22H21BrCl2N4OS2. The summed E-state index contributed by atoms with van der Waals surface area (Å²) in [6.07, 6.45) is 1.79. The van der Waals surface area contributed by atoms with Gasteiger partial charge in [-0.2, -0.15) is 0 Å². The molecule has 5 nitrogen and oxygen atoms in total. The van der Waals surface area contributed by atoms with Crippen molar-refractivity contribution in [3.8, 4) is 0 Å². The molecule has 0 atom stereocenters. The molecule has 0 aliphatic heterocycles. The minimum absolute atomic E-state index is 0.0955. The SMILES string of the molecule is C=CCn1c(CSCc2ccc(Cl)cc2Cl)nnc1SCC(=O)Nc1ccc(Br)cc1C. The molecule has 0 spiro atoms. The van der Waals surface area contributed by atoms with Gasteiger partial charge in [0.05, 0.1) is 11.5 Å². The van der Waals surface area contributed by atoms with Crippen molar-refractivity contribution < 1.29 is 4.79 Å². The second kappa shape index (κ2) is 12.1. The first-order valence-corrected chi connectivity index (χ1v) is 13.3. The third kappa shape index (κ3) is 7.02. The Morgan fingerprint density at radius 1 is 1.22 bits per heavy atom. The number of carbonyl (C=O) groups excluding carboxylic acids is 1. The second-order valence-corrected chi connectivity index (χ2v) is 10.5. The summed E-state index contributed by atoms with van der Waals surface area (Å²) >= 11 is 18.7. The van der Waals surface area contributed by atoms with E-state index in [4.69, 9.17) is 23.2 Å². The summed E-state index contributed by atoms with van der Waals surface area (Å²) in [4.78, 5) is 12.4. The van der Waals surface area contributed by atoms with Gasteiger partial charge in [-0.3, -0.25) is 4.79 Å². The Hall–Kier alpha value is -1.45. The van der Waals surface area contributed by atoms with Gasteiger partial charge < -0.3 is 9.88 Å². The lowest BCUT2D eigenvalue weighted by Crippen LogP contribution is -2.15. The van der Waals surface area contributed by atoms with Crippen LogP contribution in [0, 0.1) is 6.92 Å². The van der Waals surface area contributed by atoms with Crippen LogP contribution in [0.3, 0.4) is 0 Å². The molecule has 3 rings (SSSR count). The fourth-order valence-corrected chi connectivity index (χ4v) is 5.59. The molecule has 0 unspecified atom stereocenters. The van der Waals surface area contributed by atoms with Gasteiger partial charge in [0.15, 0.2) is 5.16 Å². The Labute approximate surface area is 214 Å². The highest BCUT2D eigenvalue weighted by Crippen LogP contribution is 2.27. The number of aromatic nitrogens is 3. The first kappa shape index (κ1) is 25.2. The van der Waals surface area contributed by atoms with Crippen molar-refractivity contribution >= 4 is 74.3 Å². The summed E-state index contributed by atoms with van der Waals surface area (Å²) in [5.74, 6) is 2.35. The van der Waals surface area contributed by atoms with Crippen molar-refractivity contribution in [3.05, 3.63) is 80.5 Å². The normalized spacial score (nSPS) is 10.9. The third-order valence-corrected chi connectivity index (χ3v) is 7.43. The molecule has 0 radical (unpaired) electrons. The predicted octanol–water partition coefficient (Wildman–Crippen LogP) is 7.01. The van der Waals surface area contributed by atoms with Crippen molar-refractivity contribution in [2.24, 2.45) is 0 Å². The molecule has 3 aromatic rings. The summed E-state index contributed by atoms with van der Waals surface area (Å²) in [5.41, 5.74) is 2.81. The number of nitrogens with zero attached hydrogens (tertiary/aromatic N) is 3. The van der Waals surface area contributed by atoms with E-state index in [2.05, 4.69) is 38.0 Å². The van der Waals surface area contributed by atoms with Gasteiger partial charge in [-0.25, -0.2) is 0 Å². The number of thioether (sulfide) groups is 2. The van der Waals surface area contributed by atoms with Crippen molar-refractivity contribution in [2.75, 3.05) is 11.1 Å². The number of aryl methyl sites for hydroxylation is 1. The van der Waals surface area contributed by atoms with E-state index in [9.17, 15) is 4.79 Å². The first-order valence-electron chi connectivity index (χ1n) is 9.61. The summed E-state index contributed by atoms with van der Waals surface area (Å²) in [5, 5.41) is 13.5. The van der Waals surface area contributed by atoms with Crippen LogP contribution in [0.2, 0.25) is 10.0 Å². The van der Waals surface area contributed by atoms with Gasteiger partial charge in [0.2, 0.25) is 5.91 Å². The van der Waals surface area contributed by atoms with E-state index in [1.54, 1.807) is 23.9 Å². The van der Waals surface area contributed by atoms with E-state index in [1.165, 1.54) is 11.8 Å². The molecule has 168 valence electrons. The molecule has 1 N–H and O–H groups in total. The van der Waals surface area contributed by atoms with Crippen LogP contribution in [-0.4, -0.2) is 26.4 Å². The second-order valence-electron chi connectivity index (χ2n) is 6.82. The quantitative estimate of drug-likeness (QED) is 0.209. The van der Waals surface area contributed by atoms with Gasteiger partial charge in [0.25, 0.3) is 0 Å². The molecule has 2 aromatic carbocycles. The first-order chi connectivity index (χ1) is 15.4. The van der Waals surface area contributed by atoms with Crippen molar-refractivity contribution in [3.63, 3.8) is 0 Å². The number of amides is 1. The zero-order chi connectivity index (χ0) is 23.1. The van der Waals surface area contributed by atoms with E-state index in [1.807, 2.05) is 41.8 Å². The molecular weight excluding hydrogens is 551 g/mol. The van der Waals surface area contributed by atoms with Crippen LogP contribution >= 0.6 is 62.7 Å². The number of anilines is 1. The maximum atomic E-state index is 12.4. The molecule has 0 aliphatic rings. The van der Waals surface area contributed by atoms with Gasteiger partial charge >= 0.3 is 0 Å². The van der Waals surface area contributed by atoms with Crippen LogP contribution in [0.1, 0.15) is 17.0 Å². The highest BCUT2D eigenvalue weighted by atomic mass is 79.9. The number of hydrogen-bond donors (Lipinski definition) is 1. The van der Waals surface area contributed by atoms with Gasteiger partial charge in [-0.05, 0) is 48.4 Å². The Balaban J connectivity index is 1.58. The lowest BCUT2D eigenvalue weighted by molar-refractivity contribution is -0.113. The number of benzene rings is 2. The van der Waals surface area contributed by atoms with Gasteiger partial charge in [0.1, 0.15) is 5.82 Å². The molecule has 1 heterocycles. The molecule has 0 aliphatic carbocycles. The van der Waals surface area contributed by atoms with E-state index < -0.39 is 0 Å². The van der Waals surface area contributed by atoms with Crippen molar-refractivity contribution in [2.45, 2.75) is 30.1 Å². The summed E-state index contributed by atoms with van der Waals surface area (Å²) in [6, 6.07) is 11.2. The molecule has 0 saturated carbocycles. The van der Waals surface area contributed by atoms with Crippen LogP contribution in [-0.2, 0) is 22.8 Å². The number of nitrogens with one attached hydrogen (secondary N) is 1. The van der Waals surface area contributed by atoms with Gasteiger partial charge in [-0.1, -0.05) is 63.0 Å². The average Bonchev–Trinajstić information content (AvgIpc) is 3.12. The summed E-state index contributed by atoms with van der Waals surface area (Å²) in [7, 11) is 0. The maximum Gasteiger partial charge on any atom is 0.234 e. The van der Waals surface area contributed by atoms with Gasteiger partial charge in [0, 0.05) is 32.5 Å². The van der Waals surface area contributed by atoms with Crippen LogP contribution in [0.5, 0.6) is 0 Å². The Morgan fingerprint density at radius 3 is 2.75 bits per heavy atom. The average molecular weight is 572 g/mol. The minimum Gasteiger partial charge on any atom is -0.325 e. The van der Waals surface area contributed by atoms with E-state index in [0.717, 1.165) is 32.9 Å². The Morgan fingerprint density at radius 2 is 2.03 bits per heavy atom. The van der Waals surface area contributed by atoms with E-state index in [-0.39, 0.29) is 11.7 Å². The molecule has 0 bridgehead atoms. The Kier molecular flexibility index (Phi) is 9.55.